The van der Waals surface area contributed by atoms with Crippen molar-refractivity contribution in [3.05, 3.63) is 0 Å². The van der Waals surface area contributed by atoms with Crippen molar-refractivity contribution < 1.29 is 19.6 Å². The lowest BCUT2D eigenvalue weighted by Crippen LogP contribution is -2.54. The number of hydrazine groups is 1. The third kappa shape index (κ3) is 2.12. The summed E-state index contributed by atoms with van der Waals surface area (Å²) in [5.41, 5.74) is 4.73. The number of fused-ring (bicyclic) bond motifs is 2. The summed E-state index contributed by atoms with van der Waals surface area (Å²) >= 11 is 0. The Kier molecular flexibility index (Phi) is 2.81. The van der Waals surface area contributed by atoms with Crippen molar-refractivity contribution in [3.63, 3.8) is 0 Å². The monoisotopic (exact) mass is 268 g/mol. The van der Waals surface area contributed by atoms with Crippen molar-refractivity contribution in [1.29, 1.82) is 0 Å². The summed E-state index contributed by atoms with van der Waals surface area (Å²) in [5.74, 6) is -0.577. The van der Waals surface area contributed by atoms with Crippen molar-refractivity contribution in [3.8, 4) is 0 Å². The maximum atomic E-state index is 12.0. The second-order valence-electron chi connectivity index (χ2n) is 5.28. The van der Waals surface area contributed by atoms with E-state index in [0.717, 1.165) is 12.8 Å². The fourth-order valence-electron chi connectivity index (χ4n) is 2.58. The largest absolute Gasteiger partial charge is 0.344 e. The summed E-state index contributed by atoms with van der Waals surface area (Å²) in [7, 11) is 0. The summed E-state index contributed by atoms with van der Waals surface area (Å²) in [6.45, 7) is 0.351. The van der Waals surface area contributed by atoms with Gasteiger partial charge in [0.15, 0.2) is 0 Å². The predicted octanol–water partition coefficient (Wildman–Crippen LogP) is -0.798. The molecule has 2 saturated heterocycles. The van der Waals surface area contributed by atoms with Crippen LogP contribution in [-0.2, 0) is 9.59 Å². The first-order chi connectivity index (χ1) is 9.08. The number of hydrogen-bond acceptors (Lipinski definition) is 4. The molecule has 1 saturated carbocycles. The van der Waals surface area contributed by atoms with E-state index >= 15 is 0 Å². The highest BCUT2D eigenvalue weighted by atomic mass is 16.5. The van der Waals surface area contributed by atoms with Gasteiger partial charge in [0.25, 0.3) is 5.91 Å². The highest BCUT2D eigenvalue weighted by molar-refractivity contribution is 5.90. The molecule has 1 aliphatic carbocycles. The molecule has 2 heterocycles. The van der Waals surface area contributed by atoms with Gasteiger partial charge in [0.05, 0.1) is 6.04 Å². The third-order valence-electron chi connectivity index (χ3n) is 3.90. The molecule has 4 amide bonds. The molecule has 3 fully saturated rings. The van der Waals surface area contributed by atoms with Gasteiger partial charge in [-0.2, -0.15) is 0 Å². The number of nitrogens with one attached hydrogen (secondary N) is 2. The minimum Gasteiger partial charge on any atom is -0.309 e. The SMILES string of the molecule is O=C(NNC(=O)[C@@H]1CCC2CN1C(=O)N2O)C1CC1. The Bertz CT molecular complexity index is 436. The van der Waals surface area contributed by atoms with E-state index in [1.165, 1.54) is 4.90 Å². The van der Waals surface area contributed by atoms with Crippen LogP contribution in [0.4, 0.5) is 4.79 Å². The minimum absolute atomic E-state index is 0.0115. The summed E-state index contributed by atoms with van der Waals surface area (Å²) < 4.78 is 0. The number of piperidine rings is 1. The normalized spacial score (nSPS) is 29.4. The lowest BCUT2D eigenvalue weighted by molar-refractivity contribution is -0.132. The Morgan fingerprint density at radius 1 is 1.11 bits per heavy atom. The molecule has 0 spiro atoms. The van der Waals surface area contributed by atoms with Gasteiger partial charge in [-0.1, -0.05) is 0 Å². The number of urea groups is 1. The smallest absolute Gasteiger partial charge is 0.309 e. The van der Waals surface area contributed by atoms with Crippen LogP contribution in [0.2, 0.25) is 0 Å². The van der Waals surface area contributed by atoms with E-state index in [4.69, 9.17) is 0 Å². The molecule has 2 atom stereocenters. The number of amides is 4. The average Bonchev–Trinajstić information content (AvgIpc) is 3.23. The molecule has 19 heavy (non-hydrogen) atoms. The number of nitrogens with zero attached hydrogens (tertiary/aromatic N) is 2. The molecule has 8 nitrogen and oxygen atoms in total. The maximum Gasteiger partial charge on any atom is 0.344 e. The lowest BCUT2D eigenvalue weighted by Gasteiger charge is -2.29. The summed E-state index contributed by atoms with van der Waals surface area (Å²) in [5, 5.41) is 10.2. The number of carbonyl (C=O) groups excluding carboxylic acids is 3. The van der Waals surface area contributed by atoms with Gasteiger partial charge in [-0.25, -0.2) is 9.86 Å². The van der Waals surface area contributed by atoms with Crippen LogP contribution in [0.3, 0.4) is 0 Å². The molecule has 3 aliphatic rings. The predicted molar refractivity (Wildman–Crippen MR) is 61.5 cm³/mol. The Hall–Kier alpha value is -1.83. The topological polar surface area (TPSA) is 102 Å². The number of hydroxylamine groups is 2. The van der Waals surface area contributed by atoms with Crippen LogP contribution in [0, 0.1) is 5.92 Å². The van der Waals surface area contributed by atoms with E-state index in [9.17, 15) is 19.6 Å². The fourth-order valence-corrected chi connectivity index (χ4v) is 2.58. The third-order valence-corrected chi connectivity index (χ3v) is 3.90. The van der Waals surface area contributed by atoms with Crippen molar-refractivity contribution in [1.82, 2.24) is 20.8 Å². The molecule has 2 bridgehead atoms. The first-order valence-electron chi connectivity index (χ1n) is 6.46. The second-order valence-corrected chi connectivity index (χ2v) is 5.28. The van der Waals surface area contributed by atoms with E-state index in [-0.39, 0.29) is 17.9 Å². The van der Waals surface area contributed by atoms with E-state index in [1.54, 1.807) is 0 Å². The molecule has 0 aromatic rings. The molecule has 3 rings (SSSR count). The van der Waals surface area contributed by atoms with E-state index in [1.807, 2.05) is 0 Å². The van der Waals surface area contributed by atoms with Gasteiger partial charge < -0.3 is 4.90 Å². The number of rotatable bonds is 2. The molecule has 8 heteroatoms. The Morgan fingerprint density at radius 3 is 2.47 bits per heavy atom. The number of hydrogen-bond donors (Lipinski definition) is 3. The van der Waals surface area contributed by atoms with Crippen LogP contribution in [0.15, 0.2) is 0 Å². The molecular formula is C11H16N4O4. The van der Waals surface area contributed by atoms with Crippen LogP contribution in [0.5, 0.6) is 0 Å². The van der Waals surface area contributed by atoms with Crippen molar-refractivity contribution in [2.75, 3.05) is 6.54 Å². The van der Waals surface area contributed by atoms with Crippen LogP contribution in [-0.4, -0.2) is 51.6 Å². The van der Waals surface area contributed by atoms with E-state index < -0.39 is 18.0 Å². The first-order valence-corrected chi connectivity index (χ1v) is 6.46. The molecule has 104 valence electrons. The van der Waals surface area contributed by atoms with Gasteiger partial charge in [-0.05, 0) is 25.7 Å². The van der Waals surface area contributed by atoms with Crippen LogP contribution in [0.1, 0.15) is 25.7 Å². The van der Waals surface area contributed by atoms with E-state index in [2.05, 4.69) is 10.9 Å². The van der Waals surface area contributed by atoms with Gasteiger partial charge in [0.1, 0.15) is 6.04 Å². The molecule has 1 unspecified atom stereocenters. The number of carbonyl (C=O) groups is 3. The molecule has 0 aromatic carbocycles. The van der Waals surface area contributed by atoms with Crippen LogP contribution < -0.4 is 10.9 Å². The van der Waals surface area contributed by atoms with Gasteiger partial charge in [-0.15, -0.1) is 0 Å². The minimum atomic E-state index is -0.625. The van der Waals surface area contributed by atoms with Crippen molar-refractivity contribution >= 4 is 17.8 Å². The molecule has 0 radical (unpaired) electrons. The zero-order chi connectivity index (χ0) is 13.6. The Balaban J connectivity index is 1.57. The molecule has 2 aliphatic heterocycles. The zero-order valence-corrected chi connectivity index (χ0v) is 10.3. The van der Waals surface area contributed by atoms with Gasteiger partial charge >= 0.3 is 6.03 Å². The van der Waals surface area contributed by atoms with Gasteiger partial charge in [0, 0.05) is 12.5 Å². The Morgan fingerprint density at radius 2 is 1.79 bits per heavy atom. The average molecular weight is 268 g/mol. The standard InChI is InChI=1S/C11H16N4O4/c16-9(6-1-2-6)12-13-10(17)8-4-3-7-5-14(8)11(18)15(7)19/h6-8,19H,1-5H2,(H,12,16)(H,13,17)/t7?,8-/m0/s1. The first kappa shape index (κ1) is 12.2. The van der Waals surface area contributed by atoms with Crippen molar-refractivity contribution in [2.24, 2.45) is 5.92 Å². The molecule has 0 aromatic heterocycles. The summed E-state index contributed by atoms with van der Waals surface area (Å²) in [6, 6.07) is -1.39. The summed E-state index contributed by atoms with van der Waals surface area (Å²) in [4.78, 5) is 36.4. The molecular weight excluding hydrogens is 252 g/mol. The quantitative estimate of drug-likeness (QED) is 0.451. The maximum absolute atomic E-state index is 12.0. The lowest BCUT2D eigenvalue weighted by atomic mass is 10.0. The van der Waals surface area contributed by atoms with Crippen LogP contribution in [0.25, 0.3) is 0 Å². The summed E-state index contributed by atoms with van der Waals surface area (Å²) in [6.07, 6.45) is 2.78. The second kappa shape index (κ2) is 4.37. The molecule has 3 N–H and O–H groups in total. The zero-order valence-electron chi connectivity index (χ0n) is 10.3. The highest BCUT2D eigenvalue weighted by Crippen LogP contribution is 2.29. The highest BCUT2D eigenvalue weighted by Gasteiger charge is 2.46. The Labute approximate surface area is 109 Å². The van der Waals surface area contributed by atoms with Gasteiger partial charge in [-0.3, -0.25) is 25.6 Å². The fraction of sp³-hybridized carbons (Fsp3) is 0.727. The van der Waals surface area contributed by atoms with Crippen LogP contribution >= 0.6 is 0 Å². The van der Waals surface area contributed by atoms with E-state index in [0.29, 0.717) is 24.4 Å². The van der Waals surface area contributed by atoms with Crippen molar-refractivity contribution in [2.45, 2.75) is 37.8 Å². The van der Waals surface area contributed by atoms with Gasteiger partial charge in [0.2, 0.25) is 5.91 Å².